The minimum Gasteiger partial charge on any atom is -0.504 e. The lowest BCUT2D eigenvalue weighted by Gasteiger charge is -2.28. The van der Waals surface area contributed by atoms with E-state index < -0.39 is 0 Å². The highest BCUT2D eigenvalue weighted by Crippen LogP contribution is 2.27. The van der Waals surface area contributed by atoms with Crippen LogP contribution in [0.4, 0.5) is 0 Å². The first-order valence-corrected chi connectivity index (χ1v) is 6.70. The maximum absolute atomic E-state index is 9.63. The summed E-state index contributed by atoms with van der Waals surface area (Å²) in [5.74, 6) is 0.651. The van der Waals surface area contributed by atoms with Crippen molar-refractivity contribution in [2.75, 3.05) is 41.1 Å². The molecule has 0 aromatic heterocycles. The zero-order valence-corrected chi connectivity index (χ0v) is 12.8. The third kappa shape index (κ3) is 5.00. The summed E-state index contributed by atoms with van der Waals surface area (Å²) in [5.41, 5.74) is 1.08. The molecule has 0 aliphatic rings. The van der Waals surface area contributed by atoms with Crippen molar-refractivity contribution in [2.24, 2.45) is 0 Å². The maximum atomic E-state index is 9.63. The number of methoxy groups -OCH3 is 3. The molecule has 0 aliphatic heterocycles. The molecule has 1 unspecified atom stereocenters. The minimum absolute atomic E-state index is 0.157. The van der Waals surface area contributed by atoms with E-state index in [-0.39, 0.29) is 11.8 Å². The van der Waals surface area contributed by atoms with Crippen LogP contribution in [-0.4, -0.2) is 57.1 Å². The molecule has 0 saturated carbocycles. The standard InChI is InChI=1S/C15H25NO4/c1-12(11-19-3)16(7-8-18-2)10-13-5-6-14(17)15(9-13)20-4/h5-6,9,12,17H,7-8,10-11H2,1-4H3. The van der Waals surface area contributed by atoms with E-state index in [4.69, 9.17) is 14.2 Å². The molecule has 0 aliphatic carbocycles. The number of ether oxygens (including phenoxy) is 3. The second-order valence-corrected chi connectivity index (χ2v) is 4.77. The molecule has 0 saturated heterocycles. The molecule has 20 heavy (non-hydrogen) atoms. The summed E-state index contributed by atoms with van der Waals surface area (Å²) in [6.07, 6.45) is 0. The van der Waals surface area contributed by atoms with Gasteiger partial charge in [0.2, 0.25) is 0 Å². The van der Waals surface area contributed by atoms with Gasteiger partial charge in [0, 0.05) is 33.4 Å². The van der Waals surface area contributed by atoms with E-state index in [9.17, 15) is 5.11 Å². The van der Waals surface area contributed by atoms with E-state index in [0.29, 0.717) is 19.0 Å². The smallest absolute Gasteiger partial charge is 0.160 e. The predicted molar refractivity (Wildman–Crippen MR) is 78.3 cm³/mol. The second kappa shape index (κ2) is 8.79. The summed E-state index contributed by atoms with van der Waals surface area (Å²) in [6, 6.07) is 5.70. The number of benzene rings is 1. The molecule has 5 nitrogen and oxygen atoms in total. The zero-order valence-electron chi connectivity index (χ0n) is 12.8. The number of phenolic OH excluding ortho intramolecular Hbond substituents is 1. The highest BCUT2D eigenvalue weighted by Gasteiger charge is 2.15. The Morgan fingerprint density at radius 1 is 1.20 bits per heavy atom. The Balaban J connectivity index is 2.77. The Bertz CT molecular complexity index is 397. The van der Waals surface area contributed by atoms with Crippen molar-refractivity contribution in [3.63, 3.8) is 0 Å². The molecule has 1 atom stereocenters. The van der Waals surface area contributed by atoms with Crippen LogP contribution in [0, 0.1) is 0 Å². The summed E-state index contributed by atoms with van der Waals surface area (Å²) in [4.78, 5) is 2.28. The molecule has 1 aromatic carbocycles. The van der Waals surface area contributed by atoms with E-state index in [1.165, 1.54) is 0 Å². The Morgan fingerprint density at radius 2 is 1.95 bits per heavy atom. The number of hydrogen-bond donors (Lipinski definition) is 1. The summed E-state index contributed by atoms with van der Waals surface area (Å²) >= 11 is 0. The number of hydrogen-bond acceptors (Lipinski definition) is 5. The summed E-state index contributed by atoms with van der Waals surface area (Å²) < 4.78 is 15.5. The van der Waals surface area contributed by atoms with Crippen molar-refractivity contribution in [3.8, 4) is 11.5 Å². The van der Waals surface area contributed by atoms with E-state index in [2.05, 4.69) is 11.8 Å². The van der Waals surface area contributed by atoms with Gasteiger partial charge in [-0.05, 0) is 24.6 Å². The van der Waals surface area contributed by atoms with Crippen molar-refractivity contribution in [1.82, 2.24) is 4.90 Å². The van der Waals surface area contributed by atoms with Crippen molar-refractivity contribution in [3.05, 3.63) is 23.8 Å². The third-order valence-electron chi connectivity index (χ3n) is 3.24. The van der Waals surface area contributed by atoms with Crippen LogP contribution in [0.3, 0.4) is 0 Å². The van der Waals surface area contributed by atoms with Gasteiger partial charge in [-0.3, -0.25) is 4.90 Å². The quantitative estimate of drug-likeness (QED) is 0.750. The highest BCUT2D eigenvalue weighted by molar-refractivity contribution is 5.41. The second-order valence-electron chi connectivity index (χ2n) is 4.77. The summed E-state index contributed by atoms with van der Waals surface area (Å²) in [6.45, 7) is 5.04. The molecule has 1 rings (SSSR count). The van der Waals surface area contributed by atoms with Gasteiger partial charge in [-0.15, -0.1) is 0 Å². The number of phenols is 1. The molecular formula is C15H25NO4. The Morgan fingerprint density at radius 3 is 2.55 bits per heavy atom. The Kier molecular flexibility index (Phi) is 7.36. The normalized spacial score (nSPS) is 12.7. The van der Waals surface area contributed by atoms with Gasteiger partial charge in [0.25, 0.3) is 0 Å². The van der Waals surface area contributed by atoms with Crippen LogP contribution in [0.15, 0.2) is 18.2 Å². The fourth-order valence-electron chi connectivity index (χ4n) is 2.07. The molecule has 0 radical (unpaired) electrons. The average molecular weight is 283 g/mol. The first kappa shape index (κ1) is 16.8. The van der Waals surface area contributed by atoms with Crippen molar-refractivity contribution in [2.45, 2.75) is 19.5 Å². The molecule has 0 spiro atoms. The fraction of sp³-hybridized carbons (Fsp3) is 0.600. The van der Waals surface area contributed by atoms with Gasteiger partial charge < -0.3 is 19.3 Å². The Labute approximate surface area is 121 Å². The molecule has 1 N–H and O–H groups in total. The number of nitrogens with zero attached hydrogens (tertiary/aromatic N) is 1. The molecule has 0 heterocycles. The van der Waals surface area contributed by atoms with Crippen molar-refractivity contribution in [1.29, 1.82) is 0 Å². The zero-order chi connectivity index (χ0) is 15.0. The van der Waals surface area contributed by atoms with Gasteiger partial charge in [0.1, 0.15) is 0 Å². The molecule has 0 fully saturated rings. The Hall–Kier alpha value is -1.30. The molecule has 5 heteroatoms. The molecule has 1 aromatic rings. The average Bonchev–Trinajstić information content (AvgIpc) is 2.45. The van der Waals surface area contributed by atoms with Crippen LogP contribution >= 0.6 is 0 Å². The highest BCUT2D eigenvalue weighted by atomic mass is 16.5. The lowest BCUT2D eigenvalue weighted by molar-refractivity contribution is 0.0704. The fourth-order valence-corrected chi connectivity index (χ4v) is 2.07. The van der Waals surface area contributed by atoms with E-state index in [1.54, 1.807) is 27.4 Å². The van der Waals surface area contributed by atoms with Crippen molar-refractivity contribution >= 4 is 0 Å². The minimum atomic E-state index is 0.157. The maximum Gasteiger partial charge on any atom is 0.160 e. The van der Waals surface area contributed by atoms with Crippen LogP contribution in [0.5, 0.6) is 11.5 Å². The van der Waals surface area contributed by atoms with Gasteiger partial charge in [0.15, 0.2) is 11.5 Å². The lowest BCUT2D eigenvalue weighted by atomic mass is 10.1. The summed E-state index contributed by atoms with van der Waals surface area (Å²) in [7, 11) is 4.95. The first-order chi connectivity index (χ1) is 9.62. The van der Waals surface area contributed by atoms with Crippen LogP contribution in [0.25, 0.3) is 0 Å². The van der Waals surface area contributed by atoms with Crippen molar-refractivity contribution < 1.29 is 19.3 Å². The molecular weight excluding hydrogens is 258 g/mol. The first-order valence-electron chi connectivity index (χ1n) is 6.70. The lowest BCUT2D eigenvalue weighted by Crippen LogP contribution is -2.38. The molecule has 114 valence electrons. The van der Waals surface area contributed by atoms with Crippen LogP contribution < -0.4 is 4.74 Å². The van der Waals surface area contributed by atoms with Crippen LogP contribution in [-0.2, 0) is 16.0 Å². The number of rotatable bonds is 9. The monoisotopic (exact) mass is 283 g/mol. The third-order valence-corrected chi connectivity index (χ3v) is 3.24. The van der Waals surface area contributed by atoms with Crippen LogP contribution in [0.2, 0.25) is 0 Å². The van der Waals surface area contributed by atoms with Gasteiger partial charge in [-0.2, -0.15) is 0 Å². The summed E-state index contributed by atoms with van der Waals surface area (Å²) in [5, 5.41) is 9.63. The van der Waals surface area contributed by atoms with Gasteiger partial charge in [0.05, 0.1) is 20.3 Å². The topological polar surface area (TPSA) is 51.2 Å². The number of aromatic hydroxyl groups is 1. The van der Waals surface area contributed by atoms with E-state index in [1.807, 2.05) is 12.1 Å². The molecule has 0 bridgehead atoms. The largest absolute Gasteiger partial charge is 0.504 e. The predicted octanol–water partition coefficient (Wildman–Crippen LogP) is 1.88. The van der Waals surface area contributed by atoms with E-state index in [0.717, 1.165) is 18.7 Å². The SMILES string of the molecule is COCCN(Cc1ccc(O)c(OC)c1)C(C)COC. The van der Waals surface area contributed by atoms with Gasteiger partial charge >= 0.3 is 0 Å². The van der Waals surface area contributed by atoms with E-state index >= 15 is 0 Å². The molecule has 0 amide bonds. The van der Waals surface area contributed by atoms with Crippen LogP contribution in [0.1, 0.15) is 12.5 Å². The van der Waals surface area contributed by atoms with Gasteiger partial charge in [-0.25, -0.2) is 0 Å². The van der Waals surface area contributed by atoms with Gasteiger partial charge in [-0.1, -0.05) is 6.07 Å².